The fourth-order valence-electron chi connectivity index (χ4n) is 3.77. The van der Waals surface area contributed by atoms with E-state index in [-0.39, 0.29) is 12.8 Å². The molecule has 4 aromatic carbocycles. The second-order valence-corrected chi connectivity index (χ2v) is 10.2. The molecule has 262 valence electrons. The minimum atomic E-state index is -0.949. The summed E-state index contributed by atoms with van der Waals surface area (Å²) in [7, 11) is 0. The van der Waals surface area contributed by atoms with Crippen LogP contribution >= 0.6 is 0 Å². The predicted molar refractivity (Wildman–Crippen MR) is 180 cm³/mol. The summed E-state index contributed by atoms with van der Waals surface area (Å²) in [6.45, 7) is 3.00. The molecular weight excluding hydrogens is 648 g/mol. The third kappa shape index (κ3) is 16.5. The monoisotopic (exact) mass is 686 g/mol. The first-order valence-electron chi connectivity index (χ1n) is 15.4. The number of hydrogen-bond donors (Lipinski definition) is 2. The highest BCUT2D eigenvalue weighted by Crippen LogP contribution is 2.10. The number of benzene rings is 4. The molecule has 0 aliphatic rings. The average Bonchev–Trinajstić information content (AvgIpc) is 3.12. The first-order chi connectivity index (χ1) is 24.0. The van der Waals surface area contributed by atoms with Crippen LogP contribution in [-0.4, -0.2) is 58.6 Å². The number of esters is 4. The summed E-state index contributed by atoms with van der Waals surface area (Å²) in [6.07, 6.45) is -0.880. The second kappa shape index (κ2) is 22.3. The first kappa shape index (κ1) is 39.9. The lowest BCUT2D eigenvalue weighted by molar-refractivity contribution is -0.139. The lowest BCUT2D eigenvalue weighted by Gasteiger charge is -2.14. The summed E-state index contributed by atoms with van der Waals surface area (Å²) in [5.74, 6) is -3.85. The van der Waals surface area contributed by atoms with E-state index in [1.165, 1.54) is 13.8 Å². The van der Waals surface area contributed by atoms with Crippen LogP contribution < -0.4 is 0 Å². The van der Waals surface area contributed by atoms with Crippen LogP contribution in [0.2, 0.25) is 0 Å². The fraction of sp³-hybridized carbons (Fsp3) is 0.211. The molecule has 12 nitrogen and oxygen atoms in total. The van der Waals surface area contributed by atoms with E-state index in [1.54, 1.807) is 121 Å². The normalized spacial score (nSPS) is 9.92. The van der Waals surface area contributed by atoms with Crippen LogP contribution in [0.25, 0.3) is 0 Å². The molecule has 0 aliphatic carbocycles. The van der Waals surface area contributed by atoms with Crippen molar-refractivity contribution >= 4 is 35.8 Å². The summed E-state index contributed by atoms with van der Waals surface area (Å²) in [4.78, 5) is 66.8. The van der Waals surface area contributed by atoms with Crippen molar-refractivity contribution < 1.29 is 57.9 Å². The molecule has 2 N–H and O–H groups in total. The number of unbranched alkanes of at least 4 members (excludes halogenated alkanes) is 1. The zero-order valence-corrected chi connectivity index (χ0v) is 27.5. The third-order valence-corrected chi connectivity index (χ3v) is 6.16. The zero-order valence-electron chi connectivity index (χ0n) is 27.5. The van der Waals surface area contributed by atoms with Gasteiger partial charge in [-0.2, -0.15) is 0 Å². The van der Waals surface area contributed by atoms with E-state index in [0.29, 0.717) is 35.1 Å². The molecule has 0 aromatic heterocycles. The number of carboxylic acid groups (broad SMARTS) is 2. The van der Waals surface area contributed by atoms with Gasteiger partial charge in [-0.15, -0.1) is 0 Å². The molecule has 0 unspecified atom stereocenters. The van der Waals surface area contributed by atoms with Crippen molar-refractivity contribution in [2.75, 3.05) is 0 Å². The van der Waals surface area contributed by atoms with E-state index >= 15 is 0 Å². The fourth-order valence-corrected chi connectivity index (χ4v) is 3.77. The van der Waals surface area contributed by atoms with Crippen molar-refractivity contribution in [1.29, 1.82) is 0 Å². The first-order valence-corrected chi connectivity index (χ1v) is 15.4. The molecule has 4 rings (SSSR count). The van der Waals surface area contributed by atoms with Gasteiger partial charge >= 0.3 is 35.8 Å². The van der Waals surface area contributed by atoms with Crippen LogP contribution in [0, 0.1) is 0 Å². The van der Waals surface area contributed by atoms with Crippen LogP contribution in [0.1, 0.15) is 81.0 Å². The summed E-state index contributed by atoms with van der Waals surface area (Å²) < 4.78 is 20.2. The number of rotatable bonds is 13. The quantitative estimate of drug-likeness (QED) is 0.0854. The molecular formula is C38H38O12. The van der Waals surface area contributed by atoms with Crippen molar-refractivity contribution in [3.63, 3.8) is 0 Å². The number of carbonyl (C=O) groups is 6. The van der Waals surface area contributed by atoms with Crippen LogP contribution in [0.5, 0.6) is 0 Å². The lowest BCUT2D eigenvalue weighted by atomic mass is 10.2. The maximum Gasteiger partial charge on any atom is 0.341 e. The van der Waals surface area contributed by atoms with Gasteiger partial charge in [0.1, 0.15) is 0 Å². The van der Waals surface area contributed by atoms with Gasteiger partial charge in [0, 0.05) is 26.7 Å². The highest BCUT2D eigenvalue weighted by Gasteiger charge is 2.17. The van der Waals surface area contributed by atoms with Crippen LogP contribution in [0.15, 0.2) is 121 Å². The van der Waals surface area contributed by atoms with E-state index in [0.717, 1.165) is 0 Å². The Bertz CT molecular complexity index is 1410. The number of carboxylic acids is 2. The van der Waals surface area contributed by atoms with Crippen molar-refractivity contribution in [1.82, 2.24) is 0 Å². The van der Waals surface area contributed by atoms with Gasteiger partial charge in [-0.3, -0.25) is 9.59 Å². The predicted octanol–water partition coefficient (Wildman–Crippen LogP) is 6.81. The Labute approximate surface area is 289 Å². The molecule has 12 heteroatoms. The smallest absolute Gasteiger partial charge is 0.341 e. The van der Waals surface area contributed by atoms with Crippen molar-refractivity contribution in [2.24, 2.45) is 0 Å². The SMILES string of the molecule is CC(OC(=O)c1ccccc1)OC(=O)c1ccccc1.CC(OC(=O)c1ccccc1)OC(=O)c1ccccc1.O=C(O)CCCCC(=O)O. The Morgan fingerprint density at radius 1 is 0.420 bits per heavy atom. The topological polar surface area (TPSA) is 180 Å². The summed E-state index contributed by atoms with van der Waals surface area (Å²) in [5, 5.41) is 16.3. The summed E-state index contributed by atoms with van der Waals surface area (Å²) in [5.41, 5.74) is 1.65. The standard InChI is InChI=1S/2C16H14O4.C6H10O4/c2*1-12(19-15(17)13-8-4-2-5-9-13)20-16(18)14-10-6-3-7-11-14;7-5(8)3-1-2-4-6(9)10/h2*2-12H,1H3;1-4H2,(H,7,8)(H,9,10). The van der Waals surface area contributed by atoms with Gasteiger partial charge in [-0.05, 0) is 61.4 Å². The van der Waals surface area contributed by atoms with Gasteiger partial charge in [-0.1, -0.05) is 72.8 Å². The van der Waals surface area contributed by atoms with Crippen molar-refractivity contribution in [3.05, 3.63) is 144 Å². The van der Waals surface area contributed by atoms with E-state index in [2.05, 4.69) is 0 Å². The highest BCUT2D eigenvalue weighted by atomic mass is 16.7. The zero-order chi connectivity index (χ0) is 36.7. The molecule has 0 spiro atoms. The van der Waals surface area contributed by atoms with Crippen LogP contribution in [-0.2, 0) is 28.5 Å². The Hall–Kier alpha value is -6.30. The molecule has 0 saturated carbocycles. The Kier molecular flexibility index (Phi) is 17.8. The Morgan fingerprint density at radius 2 is 0.620 bits per heavy atom. The van der Waals surface area contributed by atoms with Gasteiger partial charge in [-0.25, -0.2) is 19.2 Å². The second-order valence-electron chi connectivity index (χ2n) is 10.2. The summed E-state index contributed by atoms with van der Waals surface area (Å²) >= 11 is 0. The molecule has 0 saturated heterocycles. The number of aliphatic carboxylic acids is 2. The van der Waals surface area contributed by atoms with Gasteiger partial charge in [0.05, 0.1) is 22.3 Å². The lowest BCUT2D eigenvalue weighted by Crippen LogP contribution is -2.21. The number of ether oxygens (including phenoxy) is 4. The molecule has 0 aliphatic heterocycles. The maximum absolute atomic E-state index is 11.8. The molecule has 0 heterocycles. The average molecular weight is 687 g/mol. The van der Waals surface area contributed by atoms with E-state index in [4.69, 9.17) is 29.2 Å². The van der Waals surface area contributed by atoms with Crippen LogP contribution in [0.4, 0.5) is 0 Å². The largest absolute Gasteiger partial charge is 0.481 e. The van der Waals surface area contributed by atoms with E-state index in [9.17, 15) is 28.8 Å². The minimum absolute atomic E-state index is 0.0628. The van der Waals surface area contributed by atoms with Crippen molar-refractivity contribution in [2.45, 2.75) is 52.1 Å². The highest BCUT2D eigenvalue weighted by molar-refractivity contribution is 5.91. The molecule has 4 aromatic rings. The molecule has 0 radical (unpaired) electrons. The van der Waals surface area contributed by atoms with Gasteiger partial charge < -0.3 is 29.2 Å². The summed E-state index contributed by atoms with van der Waals surface area (Å²) in [6, 6.07) is 34.1. The minimum Gasteiger partial charge on any atom is -0.481 e. The van der Waals surface area contributed by atoms with Gasteiger partial charge in [0.15, 0.2) is 0 Å². The Morgan fingerprint density at radius 3 is 0.800 bits per heavy atom. The number of hydrogen-bond acceptors (Lipinski definition) is 10. The van der Waals surface area contributed by atoms with Gasteiger partial charge in [0.2, 0.25) is 12.6 Å². The van der Waals surface area contributed by atoms with E-state index in [1.807, 2.05) is 0 Å². The Balaban J connectivity index is 0.000000276. The van der Waals surface area contributed by atoms with Crippen LogP contribution in [0.3, 0.4) is 0 Å². The third-order valence-electron chi connectivity index (χ3n) is 6.16. The molecule has 0 amide bonds. The van der Waals surface area contributed by atoms with E-state index < -0.39 is 48.4 Å². The molecule has 0 atom stereocenters. The van der Waals surface area contributed by atoms with Gasteiger partial charge in [0.25, 0.3) is 0 Å². The molecule has 50 heavy (non-hydrogen) atoms. The maximum atomic E-state index is 11.8. The number of carbonyl (C=O) groups excluding carboxylic acids is 4. The molecule has 0 bridgehead atoms. The van der Waals surface area contributed by atoms with Crippen molar-refractivity contribution in [3.8, 4) is 0 Å². The molecule has 0 fully saturated rings.